The Morgan fingerprint density at radius 1 is 1.30 bits per heavy atom. The molecule has 60 valence electrons. The summed E-state index contributed by atoms with van der Waals surface area (Å²) in [5.41, 5.74) is 0. The molecule has 0 aromatic rings. The number of hydrogen-bond donors (Lipinski definition) is 2. The number of thiol groups is 1. The van der Waals surface area contributed by atoms with Gasteiger partial charge < -0.3 is 10.2 Å². The fraction of sp³-hybridized carbons (Fsp3) is 1.00. The van der Waals surface area contributed by atoms with E-state index in [2.05, 4.69) is 22.8 Å². The minimum atomic E-state index is 1.02. The molecular weight excluding hydrogens is 144 g/mol. The highest BCUT2D eigenvalue weighted by molar-refractivity contribution is 7.80. The third-order valence-electron chi connectivity index (χ3n) is 1.84. The Bertz CT molecular complexity index is 81.7. The van der Waals surface area contributed by atoms with Gasteiger partial charge in [0.05, 0.1) is 0 Å². The van der Waals surface area contributed by atoms with Crippen LogP contribution >= 0.6 is 12.6 Å². The van der Waals surface area contributed by atoms with Crippen molar-refractivity contribution < 1.29 is 0 Å². The average Bonchev–Trinajstić information content (AvgIpc) is 2.03. The lowest BCUT2D eigenvalue weighted by molar-refractivity contribution is 0.242. The third kappa shape index (κ3) is 2.90. The van der Waals surface area contributed by atoms with E-state index in [1.807, 2.05) is 0 Å². The van der Waals surface area contributed by atoms with Crippen molar-refractivity contribution in [2.45, 2.75) is 6.42 Å². The highest BCUT2D eigenvalue weighted by Gasteiger charge is 2.07. The van der Waals surface area contributed by atoms with Crippen molar-refractivity contribution in [3.8, 4) is 0 Å². The van der Waals surface area contributed by atoms with Crippen molar-refractivity contribution in [3.05, 3.63) is 0 Å². The van der Waals surface area contributed by atoms with Gasteiger partial charge in [-0.3, -0.25) is 0 Å². The average molecular weight is 160 g/mol. The Labute approximate surface area is 68.4 Å². The monoisotopic (exact) mass is 160 g/mol. The van der Waals surface area contributed by atoms with Gasteiger partial charge in [-0.2, -0.15) is 12.6 Å². The second-order valence-corrected chi connectivity index (χ2v) is 3.12. The van der Waals surface area contributed by atoms with E-state index in [1.54, 1.807) is 0 Å². The Hall–Kier alpha value is 0.270. The van der Waals surface area contributed by atoms with Crippen molar-refractivity contribution >= 4 is 12.6 Å². The zero-order valence-electron chi connectivity index (χ0n) is 6.34. The Balaban J connectivity index is 2.02. The van der Waals surface area contributed by atoms with E-state index in [-0.39, 0.29) is 0 Å². The molecule has 0 bridgehead atoms. The van der Waals surface area contributed by atoms with Crippen LogP contribution in [0.15, 0.2) is 0 Å². The molecular formula is C7H16N2S. The van der Waals surface area contributed by atoms with Gasteiger partial charge >= 0.3 is 0 Å². The zero-order chi connectivity index (χ0) is 7.23. The summed E-state index contributed by atoms with van der Waals surface area (Å²) in [4.78, 5) is 2.49. The Kier molecular flexibility index (Phi) is 4.18. The molecule has 0 atom stereocenters. The van der Waals surface area contributed by atoms with E-state index in [0.717, 1.165) is 18.8 Å². The van der Waals surface area contributed by atoms with Crippen molar-refractivity contribution in [3.63, 3.8) is 0 Å². The quantitative estimate of drug-likeness (QED) is 0.574. The van der Waals surface area contributed by atoms with Crippen LogP contribution in [0.5, 0.6) is 0 Å². The number of hydrogen-bond acceptors (Lipinski definition) is 3. The predicted octanol–water partition coefficient (Wildman–Crippen LogP) is 0.211. The molecule has 0 spiro atoms. The second kappa shape index (κ2) is 4.99. The molecule has 1 saturated heterocycles. The maximum Gasteiger partial charge on any atom is 0.0107 e. The maximum absolute atomic E-state index is 4.18. The van der Waals surface area contributed by atoms with Gasteiger partial charge in [-0.15, -0.1) is 0 Å². The Morgan fingerprint density at radius 3 is 2.60 bits per heavy atom. The fourth-order valence-corrected chi connectivity index (χ4v) is 1.37. The zero-order valence-corrected chi connectivity index (χ0v) is 7.24. The summed E-state index contributed by atoms with van der Waals surface area (Å²) in [5.74, 6) is 1.02. The lowest BCUT2D eigenvalue weighted by Gasteiger charge is -2.26. The summed E-state index contributed by atoms with van der Waals surface area (Å²) in [6.07, 6.45) is 1.23. The molecule has 1 aliphatic rings. The first kappa shape index (κ1) is 8.37. The van der Waals surface area contributed by atoms with Gasteiger partial charge in [-0.1, -0.05) is 0 Å². The number of nitrogens with one attached hydrogen (secondary N) is 1. The SMILES string of the molecule is SCCCN1CCNCC1. The molecule has 0 radical (unpaired) electrons. The minimum absolute atomic E-state index is 1.02. The summed E-state index contributed by atoms with van der Waals surface area (Å²) in [6.45, 7) is 5.98. The van der Waals surface area contributed by atoms with E-state index in [9.17, 15) is 0 Å². The number of piperazine rings is 1. The molecule has 1 rings (SSSR count). The predicted molar refractivity (Wildman–Crippen MR) is 47.8 cm³/mol. The summed E-state index contributed by atoms with van der Waals surface area (Å²) >= 11 is 4.18. The summed E-state index contributed by atoms with van der Waals surface area (Å²) in [7, 11) is 0. The van der Waals surface area contributed by atoms with Crippen LogP contribution in [-0.4, -0.2) is 43.4 Å². The molecule has 0 saturated carbocycles. The van der Waals surface area contributed by atoms with E-state index in [0.29, 0.717) is 0 Å². The summed E-state index contributed by atoms with van der Waals surface area (Å²) in [5, 5.41) is 3.33. The van der Waals surface area contributed by atoms with Crippen LogP contribution in [0.1, 0.15) is 6.42 Å². The van der Waals surface area contributed by atoms with E-state index < -0.39 is 0 Å². The second-order valence-electron chi connectivity index (χ2n) is 2.67. The lowest BCUT2D eigenvalue weighted by atomic mass is 10.3. The first-order chi connectivity index (χ1) is 4.93. The largest absolute Gasteiger partial charge is 0.314 e. The Morgan fingerprint density at radius 2 is 2.00 bits per heavy atom. The van der Waals surface area contributed by atoms with Crippen molar-refractivity contribution in [1.82, 2.24) is 10.2 Å². The van der Waals surface area contributed by atoms with E-state index >= 15 is 0 Å². The molecule has 0 aliphatic carbocycles. The van der Waals surface area contributed by atoms with Gasteiger partial charge in [0.25, 0.3) is 0 Å². The van der Waals surface area contributed by atoms with Crippen LogP contribution in [0.4, 0.5) is 0 Å². The molecule has 10 heavy (non-hydrogen) atoms. The maximum atomic E-state index is 4.18. The highest BCUT2D eigenvalue weighted by atomic mass is 32.1. The van der Waals surface area contributed by atoms with Gasteiger partial charge in [0.2, 0.25) is 0 Å². The van der Waals surface area contributed by atoms with E-state index in [4.69, 9.17) is 0 Å². The van der Waals surface area contributed by atoms with Gasteiger partial charge in [-0.25, -0.2) is 0 Å². The lowest BCUT2D eigenvalue weighted by Crippen LogP contribution is -2.43. The molecule has 0 unspecified atom stereocenters. The van der Waals surface area contributed by atoms with Gasteiger partial charge in [0.15, 0.2) is 0 Å². The molecule has 1 fully saturated rings. The molecule has 1 aliphatic heterocycles. The molecule has 0 aromatic heterocycles. The highest BCUT2D eigenvalue weighted by Crippen LogP contribution is 1.94. The molecule has 0 amide bonds. The van der Waals surface area contributed by atoms with Crippen LogP contribution in [0.25, 0.3) is 0 Å². The van der Waals surface area contributed by atoms with E-state index in [1.165, 1.54) is 26.1 Å². The number of rotatable bonds is 3. The van der Waals surface area contributed by atoms with Crippen LogP contribution in [0, 0.1) is 0 Å². The van der Waals surface area contributed by atoms with Gasteiger partial charge in [0, 0.05) is 26.2 Å². The molecule has 1 heterocycles. The fourth-order valence-electron chi connectivity index (χ4n) is 1.23. The normalized spacial score (nSPS) is 21.3. The van der Waals surface area contributed by atoms with Crippen LogP contribution in [0.2, 0.25) is 0 Å². The molecule has 1 N–H and O–H groups in total. The topological polar surface area (TPSA) is 15.3 Å². The molecule has 0 aromatic carbocycles. The first-order valence-electron chi connectivity index (χ1n) is 3.97. The van der Waals surface area contributed by atoms with Crippen molar-refractivity contribution in [2.24, 2.45) is 0 Å². The van der Waals surface area contributed by atoms with Gasteiger partial charge in [0.1, 0.15) is 0 Å². The van der Waals surface area contributed by atoms with Gasteiger partial charge in [-0.05, 0) is 18.7 Å². The summed E-state index contributed by atoms with van der Waals surface area (Å²) < 4.78 is 0. The molecule has 2 nitrogen and oxygen atoms in total. The first-order valence-corrected chi connectivity index (χ1v) is 4.60. The minimum Gasteiger partial charge on any atom is -0.314 e. The molecule has 3 heteroatoms. The van der Waals surface area contributed by atoms with Crippen LogP contribution < -0.4 is 5.32 Å². The standard InChI is InChI=1S/C7H16N2S/c10-7-1-4-9-5-2-8-3-6-9/h8,10H,1-7H2. The number of nitrogens with zero attached hydrogens (tertiary/aromatic N) is 1. The van der Waals surface area contributed by atoms with Crippen LogP contribution in [0.3, 0.4) is 0 Å². The third-order valence-corrected chi connectivity index (χ3v) is 2.16. The summed E-state index contributed by atoms with van der Waals surface area (Å²) in [6, 6.07) is 0. The smallest absolute Gasteiger partial charge is 0.0107 e. The van der Waals surface area contributed by atoms with Crippen LogP contribution in [-0.2, 0) is 0 Å². The van der Waals surface area contributed by atoms with Crippen molar-refractivity contribution in [2.75, 3.05) is 38.5 Å². The van der Waals surface area contributed by atoms with Crippen molar-refractivity contribution in [1.29, 1.82) is 0 Å².